The lowest BCUT2D eigenvalue weighted by Gasteiger charge is -2.30. The minimum Gasteiger partial charge on any atom is -0.550 e. The molecule has 0 bridgehead atoms. The Morgan fingerprint density at radius 3 is 2.52 bits per heavy atom. The van der Waals surface area contributed by atoms with E-state index in [4.69, 9.17) is 0 Å². The standard InChI is InChI=1S/C20H22N2O5/c1-11-5-6-13(22(26)27)7-15(11)21-12(2)14(8-18(24)25)19-16(21)9-20(3,4)10-17(19)23/h5-7H,8-10H2,1-4H3,(H,24,25)/p-1. The van der Waals surface area contributed by atoms with Crippen LogP contribution in [-0.2, 0) is 17.6 Å². The number of aromatic nitrogens is 1. The summed E-state index contributed by atoms with van der Waals surface area (Å²) in [5.74, 6) is -1.35. The number of carboxylic acid groups (broad SMARTS) is 1. The molecule has 1 aromatic heterocycles. The van der Waals surface area contributed by atoms with Crippen LogP contribution in [-0.4, -0.2) is 21.2 Å². The molecule has 1 aliphatic carbocycles. The number of nitrogens with zero attached hydrogens (tertiary/aromatic N) is 2. The van der Waals surface area contributed by atoms with E-state index in [1.165, 1.54) is 12.1 Å². The zero-order valence-electron chi connectivity index (χ0n) is 15.8. The number of nitro groups is 1. The van der Waals surface area contributed by atoms with Crippen LogP contribution in [0.4, 0.5) is 5.69 Å². The number of hydrogen-bond donors (Lipinski definition) is 0. The van der Waals surface area contributed by atoms with E-state index in [9.17, 15) is 24.8 Å². The van der Waals surface area contributed by atoms with Gasteiger partial charge in [0.1, 0.15) is 0 Å². The molecule has 1 aliphatic rings. The maximum Gasteiger partial charge on any atom is 0.271 e. The van der Waals surface area contributed by atoms with Gasteiger partial charge in [-0.25, -0.2) is 0 Å². The van der Waals surface area contributed by atoms with Gasteiger partial charge < -0.3 is 14.5 Å². The van der Waals surface area contributed by atoms with E-state index < -0.39 is 10.9 Å². The van der Waals surface area contributed by atoms with Gasteiger partial charge in [0.15, 0.2) is 5.78 Å². The Bertz CT molecular complexity index is 985. The molecule has 0 unspecified atom stereocenters. The molecular formula is C20H21N2O5-. The fourth-order valence-electron chi connectivity index (χ4n) is 3.98. The van der Waals surface area contributed by atoms with Gasteiger partial charge in [0.2, 0.25) is 0 Å². The number of non-ortho nitro benzene ring substituents is 1. The molecule has 0 fully saturated rings. The van der Waals surface area contributed by atoms with E-state index in [1.807, 2.05) is 25.3 Å². The molecule has 3 rings (SSSR count). The van der Waals surface area contributed by atoms with Gasteiger partial charge in [-0.3, -0.25) is 14.9 Å². The first-order valence-electron chi connectivity index (χ1n) is 8.73. The second-order valence-electron chi connectivity index (χ2n) is 7.94. The zero-order valence-corrected chi connectivity index (χ0v) is 15.8. The highest BCUT2D eigenvalue weighted by Crippen LogP contribution is 2.40. The summed E-state index contributed by atoms with van der Waals surface area (Å²) in [7, 11) is 0. The van der Waals surface area contributed by atoms with Crippen molar-refractivity contribution in [2.45, 2.75) is 47.0 Å². The van der Waals surface area contributed by atoms with E-state index in [0.717, 1.165) is 5.56 Å². The number of nitro benzene ring substituents is 1. The number of aryl methyl sites for hydroxylation is 1. The number of ketones is 1. The van der Waals surface area contributed by atoms with Crippen molar-refractivity contribution in [2.24, 2.45) is 5.41 Å². The number of carbonyl (C=O) groups excluding carboxylic acids is 2. The number of carbonyl (C=O) groups is 2. The number of carboxylic acids is 1. The average molecular weight is 369 g/mol. The second kappa shape index (κ2) is 6.33. The lowest BCUT2D eigenvalue weighted by atomic mass is 9.75. The molecule has 2 aromatic rings. The summed E-state index contributed by atoms with van der Waals surface area (Å²) in [6, 6.07) is 4.56. The molecule has 0 spiro atoms. The summed E-state index contributed by atoms with van der Waals surface area (Å²) < 4.78 is 1.81. The Balaban J connectivity index is 2.35. The Hall–Kier alpha value is -2.96. The Morgan fingerprint density at radius 1 is 1.26 bits per heavy atom. The molecule has 1 aromatic carbocycles. The minimum atomic E-state index is -1.26. The van der Waals surface area contributed by atoms with Crippen molar-refractivity contribution < 1.29 is 19.6 Å². The molecule has 0 N–H and O–H groups in total. The quantitative estimate of drug-likeness (QED) is 0.608. The third kappa shape index (κ3) is 3.25. The maximum atomic E-state index is 12.8. The highest BCUT2D eigenvalue weighted by molar-refractivity contribution is 6.01. The number of benzene rings is 1. The van der Waals surface area contributed by atoms with Gasteiger partial charge in [-0.1, -0.05) is 19.9 Å². The molecule has 0 aliphatic heterocycles. The normalized spacial score (nSPS) is 15.5. The monoisotopic (exact) mass is 369 g/mol. The van der Waals surface area contributed by atoms with Crippen molar-refractivity contribution in [3.05, 3.63) is 56.4 Å². The third-order valence-corrected chi connectivity index (χ3v) is 5.16. The van der Waals surface area contributed by atoms with Crippen molar-refractivity contribution in [3.8, 4) is 5.69 Å². The molecule has 7 heteroatoms. The SMILES string of the molecule is Cc1ccc([N+](=O)[O-])cc1-n1c(C)c(CC(=O)[O-])c2c1CC(C)(C)CC2=O. The van der Waals surface area contributed by atoms with Gasteiger partial charge in [0, 0.05) is 47.9 Å². The first-order chi connectivity index (χ1) is 12.5. The fourth-order valence-corrected chi connectivity index (χ4v) is 3.98. The van der Waals surface area contributed by atoms with Crippen LogP contribution in [0.2, 0.25) is 0 Å². The van der Waals surface area contributed by atoms with Crippen LogP contribution < -0.4 is 5.11 Å². The van der Waals surface area contributed by atoms with Crippen molar-refractivity contribution in [1.29, 1.82) is 0 Å². The molecule has 27 heavy (non-hydrogen) atoms. The molecule has 0 atom stereocenters. The Labute approximate surface area is 156 Å². The summed E-state index contributed by atoms with van der Waals surface area (Å²) in [5, 5.41) is 22.5. The predicted molar refractivity (Wildman–Crippen MR) is 97.0 cm³/mol. The average Bonchev–Trinajstić information content (AvgIpc) is 2.78. The molecule has 142 valence electrons. The third-order valence-electron chi connectivity index (χ3n) is 5.16. The Kier molecular flexibility index (Phi) is 4.41. The van der Waals surface area contributed by atoms with Gasteiger partial charge in [0.25, 0.3) is 5.69 Å². The van der Waals surface area contributed by atoms with E-state index in [0.29, 0.717) is 41.0 Å². The van der Waals surface area contributed by atoms with Gasteiger partial charge in [-0.2, -0.15) is 0 Å². The van der Waals surface area contributed by atoms with E-state index >= 15 is 0 Å². The van der Waals surface area contributed by atoms with Crippen LogP contribution in [0.15, 0.2) is 18.2 Å². The number of aliphatic carboxylic acids is 1. The fraction of sp³-hybridized carbons (Fsp3) is 0.400. The molecule has 0 saturated carbocycles. The first-order valence-corrected chi connectivity index (χ1v) is 8.73. The smallest absolute Gasteiger partial charge is 0.271 e. The lowest BCUT2D eigenvalue weighted by Crippen LogP contribution is -2.29. The van der Waals surface area contributed by atoms with Crippen LogP contribution in [0.5, 0.6) is 0 Å². The molecule has 0 saturated heterocycles. The highest BCUT2D eigenvalue weighted by atomic mass is 16.6. The second-order valence-corrected chi connectivity index (χ2v) is 7.94. The zero-order chi connectivity index (χ0) is 20.1. The molecule has 7 nitrogen and oxygen atoms in total. The minimum absolute atomic E-state index is 0.0553. The van der Waals surface area contributed by atoms with Crippen LogP contribution >= 0.6 is 0 Å². The van der Waals surface area contributed by atoms with Crippen molar-refractivity contribution in [2.75, 3.05) is 0 Å². The van der Waals surface area contributed by atoms with Gasteiger partial charge >= 0.3 is 0 Å². The first kappa shape index (κ1) is 18.8. The molecule has 0 radical (unpaired) electrons. The number of rotatable bonds is 4. The van der Waals surface area contributed by atoms with E-state index in [1.54, 1.807) is 13.0 Å². The maximum absolute atomic E-state index is 12.8. The summed E-state index contributed by atoms with van der Waals surface area (Å²) in [5.41, 5.74) is 3.26. The van der Waals surface area contributed by atoms with Crippen LogP contribution in [0.1, 0.15) is 53.1 Å². The van der Waals surface area contributed by atoms with Crippen molar-refractivity contribution in [3.63, 3.8) is 0 Å². The van der Waals surface area contributed by atoms with Crippen molar-refractivity contribution >= 4 is 17.4 Å². The van der Waals surface area contributed by atoms with Crippen LogP contribution in [0.3, 0.4) is 0 Å². The van der Waals surface area contributed by atoms with E-state index in [2.05, 4.69) is 0 Å². The number of Topliss-reactive ketones (excluding diaryl/α,β-unsaturated/α-hetero) is 1. The van der Waals surface area contributed by atoms with E-state index in [-0.39, 0.29) is 23.3 Å². The number of fused-ring (bicyclic) bond motifs is 1. The van der Waals surface area contributed by atoms with Crippen LogP contribution in [0, 0.1) is 29.4 Å². The molecule has 1 heterocycles. The Morgan fingerprint density at radius 2 is 1.93 bits per heavy atom. The number of hydrogen-bond acceptors (Lipinski definition) is 5. The molecule has 0 amide bonds. The topological polar surface area (TPSA) is 105 Å². The summed E-state index contributed by atoms with van der Waals surface area (Å²) in [4.78, 5) is 34.9. The van der Waals surface area contributed by atoms with Crippen molar-refractivity contribution in [1.82, 2.24) is 4.57 Å². The van der Waals surface area contributed by atoms with Gasteiger partial charge in [0.05, 0.1) is 10.6 Å². The highest BCUT2D eigenvalue weighted by Gasteiger charge is 2.37. The van der Waals surface area contributed by atoms with Gasteiger partial charge in [-0.05, 0) is 36.8 Å². The lowest BCUT2D eigenvalue weighted by molar-refractivity contribution is -0.384. The predicted octanol–water partition coefficient (Wildman–Crippen LogP) is 2.45. The summed E-state index contributed by atoms with van der Waals surface area (Å²) >= 11 is 0. The molecular weight excluding hydrogens is 348 g/mol. The largest absolute Gasteiger partial charge is 0.550 e. The summed E-state index contributed by atoms with van der Waals surface area (Å²) in [6.45, 7) is 7.55. The van der Waals surface area contributed by atoms with Crippen LogP contribution in [0.25, 0.3) is 5.69 Å². The van der Waals surface area contributed by atoms with Gasteiger partial charge in [-0.15, -0.1) is 0 Å². The summed E-state index contributed by atoms with van der Waals surface area (Å²) in [6.07, 6.45) is 0.544.